The maximum absolute atomic E-state index is 12.8. The summed E-state index contributed by atoms with van der Waals surface area (Å²) in [6.07, 6.45) is 7.49. The van der Waals surface area contributed by atoms with Gasteiger partial charge in [-0.3, -0.25) is 4.79 Å². The summed E-state index contributed by atoms with van der Waals surface area (Å²) in [7, 11) is 0. The fourth-order valence-corrected chi connectivity index (χ4v) is 4.45. The van der Waals surface area contributed by atoms with Gasteiger partial charge in [0.1, 0.15) is 22.4 Å². The van der Waals surface area contributed by atoms with Gasteiger partial charge in [-0.15, -0.1) is 0 Å². The molecule has 1 aliphatic carbocycles. The first kappa shape index (κ1) is 22.7. The number of Topliss-reactive ketones (excluding diaryl/α,β-unsaturated/α-hetero) is 1. The molecule has 1 aliphatic rings. The van der Waals surface area contributed by atoms with E-state index in [1.165, 1.54) is 6.20 Å². The van der Waals surface area contributed by atoms with Crippen molar-refractivity contribution in [1.29, 1.82) is 0 Å². The lowest BCUT2D eigenvalue weighted by atomic mass is 9.61. The number of ketones is 1. The molecule has 1 aromatic heterocycles. The van der Waals surface area contributed by atoms with Crippen molar-refractivity contribution < 1.29 is 9.53 Å². The molecule has 0 spiro atoms. The highest BCUT2D eigenvalue weighted by atomic mass is 35.5. The van der Waals surface area contributed by atoms with E-state index in [9.17, 15) is 4.79 Å². The third-order valence-corrected chi connectivity index (χ3v) is 6.44. The van der Waals surface area contributed by atoms with Gasteiger partial charge in [-0.25, -0.2) is 9.98 Å². The van der Waals surface area contributed by atoms with E-state index in [1.807, 2.05) is 43.3 Å². The smallest absolute Gasteiger partial charge is 0.140 e. The minimum absolute atomic E-state index is 0.169. The Morgan fingerprint density at radius 2 is 1.94 bits per heavy atom. The van der Waals surface area contributed by atoms with E-state index in [-0.39, 0.29) is 5.78 Å². The van der Waals surface area contributed by atoms with Gasteiger partial charge >= 0.3 is 0 Å². The number of aromatic nitrogens is 1. The van der Waals surface area contributed by atoms with Crippen molar-refractivity contribution in [2.24, 2.45) is 10.7 Å². The molecule has 2 aromatic carbocycles. The van der Waals surface area contributed by atoms with Crippen LogP contribution in [0.4, 0.5) is 5.69 Å². The molecular formula is C27H26ClN3O2. The van der Waals surface area contributed by atoms with Crippen molar-refractivity contribution in [2.45, 2.75) is 38.5 Å². The van der Waals surface area contributed by atoms with Gasteiger partial charge in [-0.05, 0) is 80.4 Å². The molecule has 0 radical (unpaired) electrons. The molecule has 0 amide bonds. The number of benzene rings is 2. The maximum atomic E-state index is 12.8. The summed E-state index contributed by atoms with van der Waals surface area (Å²) in [5, 5.41) is 0.345. The molecule has 5 nitrogen and oxygen atoms in total. The second-order valence-corrected chi connectivity index (χ2v) is 8.63. The van der Waals surface area contributed by atoms with Crippen LogP contribution >= 0.6 is 11.6 Å². The van der Waals surface area contributed by atoms with E-state index in [0.29, 0.717) is 22.4 Å². The minimum atomic E-state index is -0.502. The topological polar surface area (TPSA) is 77.6 Å². The molecule has 0 saturated heterocycles. The Morgan fingerprint density at radius 1 is 1.18 bits per heavy atom. The first-order valence-electron chi connectivity index (χ1n) is 10.9. The first-order valence-corrected chi connectivity index (χ1v) is 11.3. The Morgan fingerprint density at radius 3 is 2.55 bits per heavy atom. The summed E-state index contributed by atoms with van der Waals surface area (Å²) >= 11 is 6.06. The van der Waals surface area contributed by atoms with Gasteiger partial charge in [0, 0.05) is 17.8 Å². The number of nitrogens with two attached hydrogens (primary N) is 1. The fraction of sp³-hybridized carbons (Fsp3) is 0.222. The van der Waals surface area contributed by atoms with Gasteiger partial charge in [0.2, 0.25) is 0 Å². The molecule has 2 N–H and O–H groups in total. The van der Waals surface area contributed by atoms with Gasteiger partial charge in [-0.1, -0.05) is 36.2 Å². The van der Waals surface area contributed by atoms with Crippen LogP contribution < -0.4 is 10.5 Å². The van der Waals surface area contributed by atoms with Crippen LogP contribution in [0.25, 0.3) is 0 Å². The van der Waals surface area contributed by atoms with Crippen LogP contribution in [-0.4, -0.2) is 16.5 Å². The highest BCUT2D eigenvalue weighted by molar-refractivity contribution is 6.29. The average Bonchev–Trinajstić information content (AvgIpc) is 2.75. The predicted molar refractivity (Wildman–Crippen MR) is 133 cm³/mol. The highest BCUT2D eigenvalue weighted by Crippen LogP contribution is 2.48. The SMILES string of the molecule is CC(=O)C1(c2cc(C(C=CN)=Nc3ccccc3)cc(Oc3ccnc(Cl)c3)c2C)CCC1. The number of pyridine rings is 1. The van der Waals surface area contributed by atoms with E-state index in [0.717, 1.165) is 41.6 Å². The number of rotatable bonds is 7. The lowest BCUT2D eigenvalue weighted by Gasteiger charge is -2.41. The van der Waals surface area contributed by atoms with Crippen LogP contribution in [0.15, 0.2) is 78.1 Å². The molecular weight excluding hydrogens is 434 g/mol. The molecule has 0 aliphatic heterocycles. The molecule has 1 fully saturated rings. The van der Waals surface area contributed by atoms with Gasteiger partial charge in [0.05, 0.1) is 16.8 Å². The van der Waals surface area contributed by atoms with Crippen molar-refractivity contribution in [3.63, 3.8) is 0 Å². The van der Waals surface area contributed by atoms with E-state index in [1.54, 1.807) is 31.3 Å². The zero-order valence-electron chi connectivity index (χ0n) is 18.7. The zero-order chi connectivity index (χ0) is 23.4. The number of para-hydroxylation sites is 1. The number of nitrogens with zero attached hydrogens (tertiary/aromatic N) is 2. The number of carbonyl (C=O) groups is 1. The second kappa shape index (κ2) is 9.59. The van der Waals surface area contributed by atoms with Crippen molar-refractivity contribution in [3.8, 4) is 11.5 Å². The van der Waals surface area contributed by atoms with E-state index in [2.05, 4.69) is 11.1 Å². The van der Waals surface area contributed by atoms with Gasteiger partial charge in [0.15, 0.2) is 0 Å². The number of hydrogen-bond donors (Lipinski definition) is 1. The molecule has 6 heteroatoms. The summed E-state index contributed by atoms with van der Waals surface area (Å²) in [4.78, 5) is 21.6. The molecule has 0 atom stereocenters. The Bertz CT molecular complexity index is 1230. The predicted octanol–water partition coefficient (Wildman–Crippen LogP) is 6.44. The lowest BCUT2D eigenvalue weighted by molar-refractivity contribution is -0.125. The second-order valence-electron chi connectivity index (χ2n) is 8.25. The largest absolute Gasteiger partial charge is 0.457 e. The first-order chi connectivity index (χ1) is 15.9. The zero-order valence-corrected chi connectivity index (χ0v) is 19.5. The van der Waals surface area contributed by atoms with Gasteiger partial charge in [0.25, 0.3) is 0 Å². The van der Waals surface area contributed by atoms with Crippen LogP contribution in [0.3, 0.4) is 0 Å². The minimum Gasteiger partial charge on any atom is -0.457 e. The number of ether oxygens (including phenoxy) is 1. The third-order valence-electron chi connectivity index (χ3n) is 6.24. The van der Waals surface area contributed by atoms with E-state index < -0.39 is 5.41 Å². The number of hydrogen-bond acceptors (Lipinski definition) is 5. The normalized spacial score (nSPS) is 15.3. The summed E-state index contributed by atoms with van der Waals surface area (Å²) in [6.45, 7) is 3.67. The summed E-state index contributed by atoms with van der Waals surface area (Å²) in [5.41, 5.74) is 9.48. The monoisotopic (exact) mass is 459 g/mol. The molecule has 1 saturated carbocycles. The van der Waals surface area contributed by atoms with Crippen LogP contribution in [0.5, 0.6) is 11.5 Å². The lowest BCUT2D eigenvalue weighted by Crippen LogP contribution is -2.41. The summed E-state index contributed by atoms with van der Waals surface area (Å²) < 4.78 is 6.25. The third kappa shape index (κ3) is 4.69. The molecule has 168 valence electrons. The molecule has 0 bridgehead atoms. The summed E-state index contributed by atoms with van der Waals surface area (Å²) in [6, 6.07) is 17.1. The van der Waals surface area contributed by atoms with E-state index >= 15 is 0 Å². The summed E-state index contributed by atoms with van der Waals surface area (Å²) in [5.74, 6) is 1.38. The number of halogens is 1. The molecule has 0 unspecified atom stereocenters. The fourth-order valence-electron chi connectivity index (χ4n) is 4.29. The Balaban J connectivity index is 1.90. The average molecular weight is 460 g/mol. The Labute approximate surface area is 199 Å². The van der Waals surface area contributed by atoms with Crippen LogP contribution in [0.2, 0.25) is 5.15 Å². The van der Waals surface area contributed by atoms with Crippen LogP contribution in [0.1, 0.15) is 42.9 Å². The molecule has 33 heavy (non-hydrogen) atoms. The van der Waals surface area contributed by atoms with Crippen molar-refractivity contribution in [3.05, 3.63) is 94.9 Å². The molecule has 1 heterocycles. The van der Waals surface area contributed by atoms with Crippen molar-refractivity contribution in [2.75, 3.05) is 0 Å². The highest BCUT2D eigenvalue weighted by Gasteiger charge is 2.44. The van der Waals surface area contributed by atoms with Crippen molar-refractivity contribution >= 4 is 28.8 Å². The molecule has 3 aromatic rings. The van der Waals surface area contributed by atoms with E-state index in [4.69, 9.17) is 27.1 Å². The Hall–Kier alpha value is -3.44. The standard InChI is InChI=1S/C27H26ClN3O2/c1-18-23(27(19(2)32)11-6-12-27)15-20(16-25(18)33-22-10-14-30-26(28)17-22)24(9-13-29)31-21-7-4-3-5-8-21/h3-5,7-10,13-17H,6,11-12,29H2,1-2H3. The number of carbonyl (C=O) groups excluding carboxylic acids is 1. The van der Waals surface area contributed by atoms with Gasteiger partial charge < -0.3 is 10.5 Å². The van der Waals surface area contributed by atoms with Gasteiger partial charge in [-0.2, -0.15) is 0 Å². The quantitative estimate of drug-likeness (QED) is 0.325. The van der Waals surface area contributed by atoms with Crippen LogP contribution in [0, 0.1) is 6.92 Å². The maximum Gasteiger partial charge on any atom is 0.140 e. The van der Waals surface area contributed by atoms with Crippen LogP contribution in [-0.2, 0) is 10.2 Å². The Kier molecular flexibility index (Phi) is 6.61. The van der Waals surface area contributed by atoms with Crippen molar-refractivity contribution in [1.82, 2.24) is 4.98 Å². The number of aliphatic imine (C=N–C) groups is 1. The number of allylic oxidation sites excluding steroid dienone is 1. The molecule has 4 rings (SSSR count).